The van der Waals surface area contributed by atoms with Gasteiger partial charge in [-0.1, -0.05) is 0 Å². The second kappa shape index (κ2) is 8.00. The molecule has 0 spiro atoms. The fourth-order valence-electron chi connectivity index (χ4n) is 2.34. The van der Waals surface area contributed by atoms with Gasteiger partial charge in [-0.25, -0.2) is 0 Å². The van der Waals surface area contributed by atoms with E-state index in [1.54, 1.807) is 0 Å². The Morgan fingerprint density at radius 1 is 1.38 bits per heavy atom. The summed E-state index contributed by atoms with van der Waals surface area (Å²) in [6.45, 7) is 2.65. The Labute approximate surface area is 126 Å². The zero-order valence-electron chi connectivity index (χ0n) is 12.9. The third-order valence-electron chi connectivity index (χ3n) is 3.52. The molecule has 21 heavy (non-hydrogen) atoms. The van der Waals surface area contributed by atoms with E-state index in [9.17, 15) is 4.79 Å². The molecule has 5 nitrogen and oxygen atoms in total. The normalized spacial score (nSPS) is 18.0. The Morgan fingerprint density at radius 2 is 2.14 bits per heavy atom. The van der Waals surface area contributed by atoms with Crippen molar-refractivity contribution in [3.05, 3.63) is 24.3 Å². The molecule has 0 aromatic heterocycles. The molecule has 1 amide bonds. The van der Waals surface area contributed by atoms with Gasteiger partial charge in [0.15, 0.2) is 0 Å². The molecular weight excluding hydrogens is 266 g/mol. The second-order valence-corrected chi connectivity index (χ2v) is 5.67. The molecule has 0 unspecified atom stereocenters. The van der Waals surface area contributed by atoms with E-state index in [1.807, 2.05) is 24.3 Å². The molecule has 116 valence electrons. The maximum Gasteiger partial charge on any atom is 0.241 e. The van der Waals surface area contributed by atoms with Crippen LogP contribution in [0.3, 0.4) is 0 Å². The Hall–Kier alpha value is -1.59. The first-order chi connectivity index (χ1) is 10.1. The van der Waals surface area contributed by atoms with Crippen LogP contribution in [-0.2, 0) is 4.79 Å². The van der Waals surface area contributed by atoms with Gasteiger partial charge < -0.3 is 20.3 Å². The van der Waals surface area contributed by atoms with Crippen molar-refractivity contribution in [2.45, 2.75) is 25.3 Å². The maximum atomic E-state index is 12.0. The predicted octanol–water partition coefficient (Wildman–Crippen LogP) is 1.71. The molecule has 2 rings (SSSR count). The fourth-order valence-corrected chi connectivity index (χ4v) is 2.34. The van der Waals surface area contributed by atoms with E-state index >= 15 is 0 Å². The van der Waals surface area contributed by atoms with Crippen molar-refractivity contribution >= 4 is 11.6 Å². The molecule has 1 fully saturated rings. The molecule has 1 saturated heterocycles. The highest BCUT2D eigenvalue weighted by molar-refractivity contribution is 5.95. The van der Waals surface area contributed by atoms with Gasteiger partial charge in [-0.05, 0) is 64.2 Å². The lowest BCUT2D eigenvalue weighted by atomic mass is 10.2. The number of carbonyl (C=O) groups is 1. The van der Waals surface area contributed by atoms with Crippen LogP contribution in [-0.4, -0.2) is 50.6 Å². The molecule has 2 N–H and O–H groups in total. The molecule has 1 aromatic rings. The number of amides is 1. The molecule has 1 aliphatic rings. The molecule has 0 saturated carbocycles. The molecule has 1 aliphatic heterocycles. The Morgan fingerprint density at radius 3 is 2.76 bits per heavy atom. The molecule has 1 aromatic carbocycles. The van der Waals surface area contributed by atoms with E-state index in [0.717, 1.165) is 43.8 Å². The number of nitrogens with zero attached hydrogens (tertiary/aromatic N) is 1. The number of rotatable bonds is 7. The quantitative estimate of drug-likeness (QED) is 0.751. The summed E-state index contributed by atoms with van der Waals surface area (Å²) in [4.78, 5) is 14.1. The summed E-state index contributed by atoms with van der Waals surface area (Å²) >= 11 is 0. The van der Waals surface area contributed by atoms with Gasteiger partial charge >= 0.3 is 0 Å². The zero-order valence-corrected chi connectivity index (χ0v) is 12.9. The summed E-state index contributed by atoms with van der Waals surface area (Å²) in [5, 5.41) is 6.12. The number of hydrogen-bond acceptors (Lipinski definition) is 4. The summed E-state index contributed by atoms with van der Waals surface area (Å²) in [7, 11) is 4.10. The van der Waals surface area contributed by atoms with E-state index in [4.69, 9.17) is 4.74 Å². The fraction of sp³-hybridized carbons (Fsp3) is 0.562. The van der Waals surface area contributed by atoms with Gasteiger partial charge in [0.2, 0.25) is 5.91 Å². The van der Waals surface area contributed by atoms with E-state index in [-0.39, 0.29) is 11.9 Å². The van der Waals surface area contributed by atoms with Crippen molar-refractivity contribution in [2.24, 2.45) is 0 Å². The van der Waals surface area contributed by atoms with Gasteiger partial charge in [0.25, 0.3) is 0 Å². The Balaban J connectivity index is 1.74. The first-order valence-corrected chi connectivity index (χ1v) is 7.57. The van der Waals surface area contributed by atoms with E-state index < -0.39 is 0 Å². The number of carbonyl (C=O) groups excluding carboxylic acids is 1. The highest BCUT2D eigenvalue weighted by atomic mass is 16.5. The lowest BCUT2D eigenvalue weighted by molar-refractivity contribution is -0.117. The minimum Gasteiger partial charge on any atom is -0.494 e. The number of ether oxygens (including phenoxy) is 1. The van der Waals surface area contributed by atoms with Gasteiger partial charge in [0, 0.05) is 12.2 Å². The molecule has 5 heteroatoms. The van der Waals surface area contributed by atoms with E-state index in [2.05, 4.69) is 29.6 Å². The summed E-state index contributed by atoms with van der Waals surface area (Å²) in [6, 6.07) is 7.51. The van der Waals surface area contributed by atoms with Crippen molar-refractivity contribution in [1.82, 2.24) is 10.2 Å². The number of benzene rings is 1. The highest BCUT2D eigenvalue weighted by Crippen LogP contribution is 2.17. The molecule has 0 aliphatic carbocycles. The van der Waals surface area contributed by atoms with Crippen molar-refractivity contribution < 1.29 is 9.53 Å². The van der Waals surface area contributed by atoms with Crippen molar-refractivity contribution in [1.29, 1.82) is 0 Å². The summed E-state index contributed by atoms with van der Waals surface area (Å²) < 4.78 is 5.66. The second-order valence-electron chi connectivity index (χ2n) is 5.67. The van der Waals surface area contributed by atoms with Crippen LogP contribution >= 0.6 is 0 Å². The van der Waals surface area contributed by atoms with Gasteiger partial charge in [0.1, 0.15) is 5.75 Å². The standard InChI is InChI=1S/C16H25N3O2/c1-19(2)11-4-12-21-14-8-6-13(7-9-14)18-16(20)15-5-3-10-17-15/h6-9,15,17H,3-5,10-12H2,1-2H3,(H,18,20)/t15-/m0/s1. The molecule has 0 radical (unpaired) electrons. The summed E-state index contributed by atoms with van der Waals surface area (Å²) in [5.74, 6) is 0.887. The van der Waals surface area contributed by atoms with Gasteiger partial charge in [-0.3, -0.25) is 4.79 Å². The van der Waals surface area contributed by atoms with Crippen LogP contribution in [0, 0.1) is 0 Å². The van der Waals surface area contributed by atoms with E-state index in [0.29, 0.717) is 6.61 Å². The minimum absolute atomic E-state index is 0.0483. The number of anilines is 1. The summed E-state index contributed by atoms with van der Waals surface area (Å²) in [5.41, 5.74) is 0.814. The monoisotopic (exact) mass is 291 g/mol. The topological polar surface area (TPSA) is 53.6 Å². The molecule has 1 heterocycles. The third-order valence-corrected chi connectivity index (χ3v) is 3.52. The van der Waals surface area contributed by atoms with Crippen LogP contribution < -0.4 is 15.4 Å². The van der Waals surface area contributed by atoms with Gasteiger partial charge in [-0.15, -0.1) is 0 Å². The third kappa shape index (κ3) is 5.36. The average molecular weight is 291 g/mol. The van der Waals surface area contributed by atoms with Crippen LogP contribution in [0.15, 0.2) is 24.3 Å². The average Bonchev–Trinajstić information content (AvgIpc) is 2.99. The van der Waals surface area contributed by atoms with Crippen molar-refractivity contribution in [2.75, 3.05) is 39.1 Å². The molecule has 0 bridgehead atoms. The van der Waals surface area contributed by atoms with Crippen LogP contribution in [0.1, 0.15) is 19.3 Å². The van der Waals surface area contributed by atoms with Crippen LogP contribution in [0.25, 0.3) is 0 Å². The smallest absolute Gasteiger partial charge is 0.241 e. The Bertz CT molecular complexity index is 439. The SMILES string of the molecule is CN(C)CCCOc1ccc(NC(=O)[C@@H]2CCCN2)cc1. The number of hydrogen-bond donors (Lipinski definition) is 2. The first-order valence-electron chi connectivity index (χ1n) is 7.57. The van der Waals surface area contributed by atoms with Gasteiger partial charge in [0.05, 0.1) is 12.6 Å². The number of nitrogens with one attached hydrogen (secondary N) is 2. The molecule has 1 atom stereocenters. The molecular formula is C16H25N3O2. The first kappa shape index (κ1) is 15.8. The Kier molecular flexibility index (Phi) is 6.02. The van der Waals surface area contributed by atoms with Crippen LogP contribution in [0.2, 0.25) is 0 Å². The van der Waals surface area contributed by atoms with Crippen molar-refractivity contribution in [3.8, 4) is 5.75 Å². The largest absolute Gasteiger partial charge is 0.494 e. The van der Waals surface area contributed by atoms with E-state index in [1.165, 1.54) is 0 Å². The maximum absolute atomic E-state index is 12.0. The zero-order chi connectivity index (χ0) is 15.1. The van der Waals surface area contributed by atoms with Gasteiger partial charge in [-0.2, -0.15) is 0 Å². The minimum atomic E-state index is -0.0491. The lowest BCUT2D eigenvalue weighted by Gasteiger charge is -2.12. The van der Waals surface area contributed by atoms with Crippen LogP contribution in [0.4, 0.5) is 5.69 Å². The lowest BCUT2D eigenvalue weighted by Crippen LogP contribution is -2.35. The van der Waals surface area contributed by atoms with Crippen molar-refractivity contribution in [3.63, 3.8) is 0 Å². The summed E-state index contributed by atoms with van der Waals surface area (Å²) in [6.07, 6.45) is 2.98. The predicted molar refractivity (Wildman–Crippen MR) is 84.8 cm³/mol. The van der Waals surface area contributed by atoms with Crippen LogP contribution in [0.5, 0.6) is 5.75 Å². The highest BCUT2D eigenvalue weighted by Gasteiger charge is 2.21.